The summed E-state index contributed by atoms with van der Waals surface area (Å²) >= 11 is 6.56. The molecule has 2 unspecified atom stereocenters. The van der Waals surface area contributed by atoms with Crippen molar-refractivity contribution in [1.29, 1.82) is 0 Å². The fourth-order valence-electron chi connectivity index (χ4n) is 4.51. The summed E-state index contributed by atoms with van der Waals surface area (Å²) in [5, 5.41) is 7.82. The van der Waals surface area contributed by atoms with Crippen molar-refractivity contribution >= 4 is 28.8 Å². The molecule has 2 N–H and O–H groups in total. The van der Waals surface area contributed by atoms with Gasteiger partial charge in [0.25, 0.3) is 0 Å². The third-order valence-electron chi connectivity index (χ3n) is 6.07. The van der Waals surface area contributed by atoms with E-state index in [4.69, 9.17) is 11.6 Å². The van der Waals surface area contributed by atoms with Crippen molar-refractivity contribution in [2.45, 2.75) is 31.7 Å². The zero-order chi connectivity index (χ0) is 20.7. The van der Waals surface area contributed by atoms with E-state index in [1.54, 1.807) is 0 Å². The van der Waals surface area contributed by atoms with Crippen LogP contribution < -0.4 is 10.6 Å². The second-order valence-corrected chi connectivity index (χ2v) is 8.51. The van der Waals surface area contributed by atoms with E-state index < -0.39 is 0 Å². The Morgan fingerprint density at radius 1 is 0.867 bits per heavy atom. The number of carbonyl (C=O) groups excluding carboxylic acids is 1. The molecule has 1 heterocycles. The molecule has 1 aliphatic heterocycles. The van der Waals surface area contributed by atoms with Gasteiger partial charge in [0.05, 0.1) is 17.4 Å². The lowest BCUT2D eigenvalue weighted by atomic mass is 9.78. The first-order chi connectivity index (χ1) is 14.6. The maximum absolute atomic E-state index is 13.5. The van der Waals surface area contributed by atoms with Gasteiger partial charge < -0.3 is 10.6 Å². The number of carbonyl (C=O) groups is 1. The van der Waals surface area contributed by atoms with Crippen molar-refractivity contribution in [3.63, 3.8) is 0 Å². The molecule has 3 aromatic carbocycles. The lowest BCUT2D eigenvalue weighted by Gasteiger charge is -2.30. The molecule has 3 aromatic rings. The minimum absolute atomic E-state index is 0.166. The maximum atomic E-state index is 13.5. The van der Waals surface area contributed by atoms with Crippen LogP contribution in [0.25, 0.3) is 0 Å². The van der Waals surface area contributed by atoms with Crippen molar-refractivity contribution in [3.05, 3.63) is 106 Å². The average molecular weight is 415 g/mol. The predicted molar refractivity (Wildman–Crippen MR) is 123 cm³/mol. The van der Waals surface area contributed by atoms with Gasteiger partial charge >= 0.3 is 0 Å². The monoisotopic (exact) mass is 414 g/mol. The first kappa shape index (κ1) is 19.0. The van der Waals surface area contributed by atoms with Crippen molar-refractivity contribution < 1.29 is 4.79 Å². The van der Waals surface area contributed by atoms with Gasteiger partial charge in [-0.25, -0.2) is 0 Å². The molecule has 30 heavy (non-hydrogen) atoms. The highest BCUT2D eigenvalue weighted by molar-refractivity contribution is 6.31. The van der Waals surface area contributed by atoms with Crippen molar-refractivity contribution in [3.8, 4) is 0 Å². The van der Waals surface area contributed by atoms with Crippen LogP contribution in [-0.4, -0.2) is 5.78 Å². The van der Waals surface area contributed by atoms with Crippen LogP contribution in [0.15, 0.2) is 84.1 Å². The van der Waals surface area contributed by atoms with E-state index >= 15 is 0 Å². The lowest BCUT2D eigenvalue weighted by Crippen LogP contribution is -2.27. The first-order valence-corrected chi connectivity index (χ1v) is 10.7. The quantitative estimate of drug-likeness (QED) is 0.494. The Labute approximate surface area is 181 Å². The summed E-state index contributed by atoms with van der Waals surface area (Å²) in [4.78, 5) is 13.5. The number of anilines is 2. The fraction of sp³-hybridized carbons (Fsp3) is 0.192. The van der Waals surface area contributed by atoms with Crippen LogP contribution >= 0.6 is 11.6 Å². The van der Waals surface area contributed by atoms with Gasteiger partial charge in [0, 0.05) is 22.7 Å². The third-order valence-corrected chi connectivity index (χ3v) is 6.42. The summed E-state index contributed by atoms with van der Waals surface area (Å²) in [6.45, 7) is 2.08. The highest BCUT2D eigenvalue weighted by atomic mass is 35.5. The molecule has 5 rings (SSSR count). The third kappa shape index (κ3) is 3.40. The van der Waals surface area contributed by atoms with Crippen LogP contribution in [0.1, 0.15) is 41.5 Å². The molecular formula is C26H23ClN2O. The number of ketones is 1. The number of hydrogen-bond acceptors (Lipinski definition) is 3. The first-order valence-electron chi connectivity index (χ1n) is 10.3. The van der Waals surface area contributed by atoms with Crippen molar-refractivity contribution in [2.24, 2.45) is 0 Å². The van der Waals surface area contributed by atoms with Crippen LogP contribution in [0.2, 0.25) is 5.02 Å². The Balaban J connectivity index is 1.62. The normalized spacial score (nSPS) is 20.5. The zero-order valence-corrected chi connectivity index (χ0v) is 17.5. The zero-order valence-electron chi connectivity index (χ0n) is 16.8. The summed E-state index contributed by atoms with van der Waals surface area (Å²) in [6, 6.07) is 24.1. The predicted octanol–water partition coefficient (Wildman–Crippen LogP) is 6.63. The molecule has 1 aliphatic carbocycles. The minimum Gasteiger partial charge on any atom is -0.372 e. The average Bonchev–Trinajstić information content (AvgIpc) is 2.91. The number of allylic oxidation sites excluding steroid dienone is 1. The molecule has 0 amide bonds. The Morgan fingerprint density at radius 2 is 1.57 bits per heavy atom. The maximum Gasteiger partial charge on any atom is 0.163 e. The second kappa shape index (κ2) is 7.66. The van der Waals surface area contributed by atoms with Gasteiger partial charge in [-0.3, -0.25) is 4.79 Å². The molecule has 2 atom stereocenters. The van der Waals surface area contributed by atoms with E-state index in [9.17, 15) is 4.79 Å². The number of benzene rings is 3. The van der Waals surface area contributed by atoms with Gasteiger partial charge in [-0.15, -0.1) is 0 Å². The van der Waals surface area contributed by atoms with E-state index in [1.165, 1.54) is 11.1 Å². The second-order valence-electron chi connectivity index (χ2n) is 8.10. The number of Topliss-reactive ketones (excluding diaryl/α,β-unsaturated/α-hetero) is 1. The van der Waals surface area contributed by atoms with E-state index in [-0.39, 0.29) is 17.7 Å². The SMILES string of the molecule is Cc1ccc(C2CC(=O)C3=C(C2)Nc2ccccc2NC3c2ccccc2Cl)cc1. The van der Waals surface area contributed by atoms with Crippen LogP contribution in [-0.2, 0) is 4.79 Å². The van der Waals surface area contributed by atoms with Gasteiger partial charge in [0.15, 0.2) is 5.78 Å². The molecule has 3 nitrogen and oxygen atoms in total. The van der Waals surface area contributed by atoms with E-state index in [0.29, 0.717) is 11.4 Å². The van der Waals surface area contributed by atoms with E-state index in [0.717, 1.165) is 34.6 Å². The Hall–Kier alpha value is -3.04. The molecule has 0 saturated heterocycles. The topological polar surface area (TPSA) is 41.1 Å². The highest BCUT2D eigenvalue weighted by Gasteiger charge is 2.36. The summed E-state index contributed by atoms with van der Waals surface area (Å²) < 4.78 is 0. The molecule has 0 saturated carbocycles. The number of rotatable bonds is 2. The molecule has 4 heteroatoms. The summed E-state index contributed by atoms with van der Waals surface area (Å²) in [5.41, 5.74) is 7.09. The van der Waals surface area contributed by atoms with Crippen molar-refractivity contribution in [2.75, 3.05) is 10.6 Å². The number of para-hydroxylation sites is 2. The summed E-state index contributed by atoms with van der Waals surface area (Å²) in [6.07, 6.45) is 1.30. The van der Waals surface area contributed by atoms with Gasteiger partial charge in [0.2, 0.25) is 0 Å². The van der Waals surface area contributed by atoms with Crippen LogP contribution in [0.4, 0.5) is 11.4 Å². The van der Waals surface area contributed by atoms with Gasteiger partial charge in [0.1, 0.15) is 0 Å². The molecule has 0 aromatic heterocycles. The van der Waals surface area contributed by atoms with E-state index in [2.05, 4.69) is 41.8 Å². The van der Waals surface area contributed by atoms with Crippen LogP contribution in [0, 0.1) is 6.92 Å². The number of nitrogens with one attached hydrogen (secondary N) is 2. The standard InChI is InChI=1S/C26H23ClN2O/c1-16-10-12-17(13-11-16)18-14-23-25(24(30)15-18)26(19-6-2-3-7-20(19)27)29-22-9-5-4-8-21(22)28-23/h2-13,18,26,28-29H,14-15H2,1H3. The number of fused-ring (bicyclic) bond motifs is 1. The molecule has 0 fully saturated rings. The fourth-order valence-corrected chi connectivity index (χ4v) is 4.75. The van der Waals surface area contributed by atoms with Gasteiger partial charge in [-0.1, -0.05) is 71.8 Å². The van der Waals surface area contributed by atoms with Crippen molar-refractivity contribution in [1.82, 2.24) is 0 Å². The Kier molecular flexibility index (Phi) is 4.84. The van der Waals surface area contributed by atoms with Crippen LogP contribution in [0.3, 0.4) is 0 Å². The molecule has 0 bridgehead atoms. The summed E-state index contributed by atoms with van der Waals surface area (Å²) in [7, 11) is 0. The molecule has 0 spiro atoms. The van der Waals surface area contributed by atoms with Gasteiger partial charge in [-0.05, 0) is 48.6 Å². The smallest absolute Gasteiger partial charge is 0.163 e. The van der Waals surface area contributed by atoms with E-state index in [1.807, 2.05) is 48.5 Å². The molecule has 0 radical (unpaired) electrons. The minimum atomic E-state index is -0.281. The number of hydrogen-bond donors (Lipinski definition) is 2. The number of halogens is 1. The highest BCUT2D eigenvalue weighted by Crippen LogP contribution is 2.45. The lowest BCUT2D eigenvalue weighted by molar-refractivity contribution is -0.116. The summed E-state index contributed by atoms with van der Waals surface area (Å²) in [5.74, 6) is 0.334. The molecule has 150 valence electrons. The molecular weight excluding hydrogens is 392 g/mol. The van der Waals surface area contributed by atoms with Crippen LogP contribution in [0.5, 0.6) is 0 Å². The largest absolute Gasteiger partial charge is 0.372 e. The molecule has 2 aliphatic rings. The van der Waals surface area contributed by atoms with Gasteiger partial charge in [-0.2, -0.15) is 0 Å². The Morgan fingerprint density at radius 3 is 2.33 bits per heavy atom. The number of aryl methyl sites for hydroxylation is 1. The Bertz CT molecular complexity index is 1150.